The molecule has 0 aliphatic carbocycles. The lowest BCUT2D eigenvalue weighted by molar-refractivity contribution is -0.116. The molecule has 2 N–H and O–H groups in total. The molecule has 7 heteroatoms. The molecule has 0 saturated carbocycles. The number of halogens is 2. The van der Waals surface area contributed by atoms with Gasteiger partial charge in [-0.05, 0) is 49.2 Å². The van der Waals surface area contributed by atoms with Gasteiger partial charge in [0, 0.05) is 23.9 Å². The van der Waals surface area contributed by atoms with Crippen LogP contribution in [-0.4, -0.2) is 17.5 Å². The van der Waals surface area contributed by atoms with Gasteiger partial charge in [0.25, 0.3) is 5.56 Å². The van der Waals surface area contributed by atoms with E-state index in [4.69, 9.17) is 0 Å². The van der Waals surface area contributed by atoms with Crippen LogP contribution in [0.4, 0.5) is 8.78 Å². The lowest BCUT2D eigenvalue weighted by Gasteiger charge is -2.06. The monoisotopic (exact) mass is 348 g/mol. The van der Waals surface area contributed by atoms with Gasteiger partial charge in [-0.2, -0.15) is 8.78 Å². The maximum Gasteiger partial charge on any atom is 0.387 e. The molecule has 0 fully saturated rings. The van der Waals surface area contributed by atoms with Gasteiger partial charge in [0.1, 0.15) is 5.75 Å². The quantitative estimate of drug-likeness (QED) is 0.789. The van der Waals surface area contributed by atoms with Crippen LogP contribution in [0.2, 0.25) is 0 Å². The number of benzene rings is 1. The van der Waals surface area contributed by atoms with Gasteiger partial charge in [0.05, 0.1) is 0 Å². The molecule has 0 unspecified atom stereocenters. The summed E-state index contributed by atoms with van der Waals surface area (Å²) in [4.78, 5) is 26.4. The molecule has 0 radical (unpaired) electrons. The van der Waals surface area contributed by atoms with Gasteiger partial charge in [0.2, 0.25) is 5.91 Å². The number of carbonyl (C=O) groups excluding carboxylic acids is 1. The van der Waals surface area contributed by atoms with E-state index in [2.05, 4.69) is 15.0 Å². The second-order valence-corrected chi connectivity index (χ2v) is 5.44. The number of amides is 1. The van der Waals surface area contributed by atoms with E-state index in [1.54, 1.807) is 19.1 Å². The third kappa shape index (κ3) is 5.56. The van der Waals surface area contributed by atoms with Gasteiger partial charge in [-0.15, -0.1) is 0 Å². The van der Waals surface area contributed by atoms with Crippen LogP contribution in [0, 0.1) is 13.8 Å². The van der Waals surface area contributed by atoms with Crippen LogP contribution in [0.3, 0.4) is 0 Å². The smallest absolute Gasteiger partial charge is 0.387 e. The van der Waals surface area contributed by atoms with E-state index in [9.17, 15) is 18.4 Å². The summed E-state index contributed by atoms with van der Waals surface area (Å²) in [5.41, 5.74) is 2.50. The lowest BCUT2D eigenvalue weighted by Crippen LogP contribution is -2.26. The number of nitrogens with one attached hydrogen (secondary N) is 2. The zero-order valence-electron chi connectivity index (χ0n) is 13.8. The van der Waals surface area contributed by atoms with E-state index >= 15 is 0 Å². The van der Waals surface area contributed by atoms with Crippen LogP contribution in [0.1, 0.15) is 22.4 Å². The summed E-state index contributed by atoms with van der Waals surface area (Å²) in [5, 5.41) is 2.64. The Hall–Kier alpha value is -2.96. The number of rotatable bonds is 6. The van der Waals surface area contributed by atoms with Gasteiger partial charge in [0.15, 0.2) is 0 Å². The first-order valence-corrected chi connectivity index (χ1v) is 7.55. The summed E-state index contributed by atoms with van der Waals surface area (Å²) < 4.78 is 28.4. The van der Waals surface area contributed by atoms with Crippen LogP contribution in [0.25, 0.3) is 6.08 Å². The Kier molecular flexibility index (Phi) is 6.05. The molecule has 1 heterocycles. The van der Waals surface area contributed by atoms with Crippen LogP contribution in [0.5, 0.6) is 5.75 Å². The van der Waals surface area contributed by atoms with Crippen LogP contribution in [0.15, 0.2) is 41.2 Å². The number of aromatic nitrogens is 1. The number of hydrogen-bond acceptors (Lipinski definition) is 3. The van der Waals surface area contributed by atoms with E-state index < -0.39 is 6.61 Å². The van der Waals surface area contributed by atoms with E-state index in [1.807, 2.05) is 13.0 Å². The Morgan fingerprint density at radius 3 is 2.56 bits per heavy atom. The maximum absolute atomic E-state index is 12.1. The Morgan fingerprint density at radius 2 is 1.96 bits per heavy atom. The van der Waals surface area contributed by atoms with Gasteiger partial charge in [-0.3, -0.25) is 9.59 Å². The summed E-state index contributed by atoms with van der Waals surface area (Å²) >= 11 is 0. The second kappa shape index (κ2) is 8.23. The summed E-state index contributed by atoms with van der Waals surface area (Å²) in [7, 11) is 0. The molecule has 0 atom stereocenters. The number of aromatic amines is 1. The molecule has 1 amide bonds. The van der Waals surface area contributed by atoms with Crippen molar-refractivity contribution in [1.29, 1.82) is 0 Å². The van der Waals surface area contributed by atoms with Crippen LogP contribution in [-0.2, 0) is 11.3 Å². The first-order chi connectivity index (χ1) is 11.8. The Labute approximate surface area is 143 Å². The third-order valence-corrected chi connectivity index (χ3v) is 3.47. The molecule has 0 spiro atoms. The molecule has 0 aliphatic rings. The van der Waals surface area contributed by atoms with E-state index in [-0.39, 0.29) is 23.8 Å². The van der Waals surface area contributed by atoms with Crippen LogP contribution >= 0.6 is 0 Å². The first kappa shape index (κ1) is 18.4. The Balaban J connectivity index is 1.94. The number of H-pyrrole nitrogens is 1. The predicted octanol–water partition coefficient (Wildman–Crippen LogP) is 2.92. The highest BCUT2D eigenvalue weighted by Gasteiger charge is 2.06. The summed E-state index contributed by atoms with van der Waals surface area (Å²) in [5.74, 6) is -0.321. The lowest BCUT2D eigenvalue weighted by atomic mass is 10.1. The topological polar surface area (TPSA) is 71.2 Å². The van der Waals surface area contributed by atoms with Gasteiger partial charge >= 0.3 is 6.61 Å². The summed E-state index contributed by atoms with van der Waals surface area (Å²) in [6.45, 7) is 0.839. The number of pyridine rings is 1. The molecule has 1 aromatic carbocycles. The zero-order valence-corrected chi connectivity index (χ0v) is 13.8. The summed E-state index contributed by atoms with van der Waals surface area (Å²) in [6.07, 6.45) is 2.84. The molecule has 0 saturated heterocycles. The average molecular weight is 348 g/mol. The Morgan fingerprint density at radius 1 is 1.28 bits per heavy atom. The van der Waals surface area contributed by atoms with Crippen molar-refractivity contribution >= 4 is 12.0 Å². The SMILES string of the molecule is Cc1cc(C)c(CNC(=O)C=Cc2ccc(OC(F)F)cc2)c(=O)[nH]1. The highest BCUT2D eigenvalue weighted by Crippen LogP contribution is 2.15. The first-order valence-electron chi connectivity index (χ1n) is 7.55. The molecule has 1 aromatic heterocycles. The molecule has 0 bridgehead atoms. The van der Waals surface area contributed by atoms with Crippen molar-refractivity contribution in [2.45, 2.75) is 27.0 Å². The minimum atomic E-state index is -2.87. The normalized spacial score (nSPS) is 11.1. The van der Waals surface area contributed by atoms with Crippen molar-refractivity contribution in [3.63, 3.8) is 0 Å². The fourth-order valence-electron chi connectivity index (χ4n) is 2.27. The van der Waals surface area contributed by atoms with Crippen molar-refractivity contribution in [1.82, 2.24) is 10.3 Å². The summed E-state index contributed by atoms with van der Waals surface area (Å²) in [6, 6.07) is 7.71. The number of aryl methyl sites for hydroxylation is 2. The van der Waals surface area contributed by atoms with Crippen molar-refractivity contribution in [3.8, 4) is 5.75 Å². The fourth-order valence-corrected chi connectivity index (χ4v) is 2.27. The minimum absolute atomic E-state index is 0.0469. The number of hydrogen-bond donors (Lipinski definition) is 2. The van der Waals surface area contributed by atoms with Gasteiger partial charge in [-0.1, -0.05) is 12.1 Å². The maximum atomic E-state index is 12.1. The standard InChI is InChI=1S/C18H18F2N2O3/c1-11-9-12(2)22-17(24)15(11)10-21-16(23)8-5-13-3-6-14(7-4-13)25-18(19)20/h3-9,18H,10H2,1-2H3,(H,21,23)(H,22,24). The van der Waals surface area contributed by atoms with Gasteiger partial charge < -0.3 is 15.0 Å². The molecule has 25 heavy (non-hydrogen) atoms. The molecule has 2 aromatic rings. The molecule has 0 aliphatic heterocycles. The second-order valence-electron chi connectivity index (χ2n) is 5.44. The Bertz CT molecular complexity index is 827. The molecule has 132 valence electrons. The van der Waals surface area contributed by atoms with E-state index in [0.717, 1.165) is 11.3 Å². The minimum Gasteiger partial charge on any atom is -0.435 e. The molecular formula is C18H18F2N2O3. The van der Waals surface area contributed by atoms with Crippen molar-refractivity contribution in [2.24, 2.45) is 0 Å². The zero-order chi connectivity index (χ0) is 18.4. The van der Waals surface area contributed by atoms with E-state index in [0.29, 0.717) is 11.1 Å². The fraction of sp³-hybridized carbons (Fsp3) is 0.222. The molecular weight excluding hydrogens is 330 g/mol. The van der Waals surface area contributed by atoms with Crippen molar-refractivity contribution in [2.75, 3.05) is 0 Å². The van der Waals surface area contributed by atoms with Gasteiger partial charge in [-0.25, -0.2) is 0 Å². The van der Waals surface area contributed by atoms with Crippen molar-refractivity contribution < 1.29 is 18.3 Å². The van der Waals surface area contributed by atoms with Crippen LogP contribution < -0.4 is 15.6 Å². The highest BCUT2D eigenvalue weighted by atomic mass is 19.3. The van der Waals surface area contributed by atoms with Crippen molar-refractivity contribution in [3.05, 3.63) is 69.1 Å². The largest absolute Gasteiger partial charge is 0.435 e. The highest BCUT2D eigenvalue weighted by molar-refractivity contribution is 5.91. The molecule has 2 rings (SSSR count). The number of ether oxygens (including phenoxy) is 1. The number of carbonyl (C=O) groups is 1. The third-order valence-electron chi connectivity index (χ3n) is 3.47. The molecule has 5 nitrogen and oxygen atoms in total. The average Bonchev–Trinajstić information content (AvgIpc) is 2.52. The predicted molar refractivity (Wildman–Crippen MR) is 90.5 cm³/mol. The van der Waals surface area contributed by atoms with E-state index in [1.165, 1.54) is 24.3 Å². The number of alkyl halides is 2.